The van der Waals surface area contributed by atoms with E-state index in [2.05, 4.69) is 4.74 Å². The molecule has 1 aliphatic rings. The van der Waals surface area contributed by atoms with Crippen LogP contribution in [0.1, 0.15) is 5.76 Å². The highest BCUT2D eigenvalue weighted by molar-refractivity contribution is 7.89. The highest BCUT2D eigenvalue weighted by Crippen LogP contribution is 2.28. The molecule has 0 amide bonds. The molecule has 0 spiro atoms. The Morgan fingerprint density at radius 1 is 1.11 bits per heavy atom. The first-order valence-corrected chi connectivity index (χ1v) is 9.11. The van der Waals surface area contributed by atoms with Crippen LogP contribution < -0.4 is 15.1 Å². The maximum Gasteiger partial charge on any atom is 0.573 e. The second-order valence-electron chi connectivity index (χ2n) is 5.80. The van der Waals surface area contributed by atoms with Crippen LogP contribution in [-0.2, 0) is 10.0 Å². The van der Waals surface area contributed by atoms with Crippen molar-refractivity contribution in [1.82, 2.24) is 4.31 Å². The predicted octanol–water partition coefficient (Wildman–Crippen LogP) is 2.30. The molecule has 7 nitrogen and oxygen atoms in total. The molecule has 146 valence electrons. The minimum Gasteiger partial charge on any atom is -0.487 e. The lowest BCUT2D eigenvalue weighted by atomic mass is 10.2. The largest absolute Gasteiger partial charge is 0.573 e. The summed E-state index contributed by atoms with van der Waals surface area (Å²) in [5, 5.41) is 0. The van der Waals surface area contributed by atoms with Crippen LogP contribution in [0, 0.1) is 6.92 Å². The molecule has 0 aliphatic carbocycles. The third kappa shape index (κ3) is 4.61. The number of nitrogens with zero attached hydrogens (tertiary/aromatic N) is 1. The lowest BCUT2D eigenvalue weighted by Crippen LogP contribution is -2.55. The molecule has 1 saturated heterocycles. The fraction of sp³-hybridized carbons (Fsp3) is 0.312. The van der Waals surface area contributed by atoms with E-state index in [1.165, 1.54) is 6.07 Å². The summed E-state index contributed by atoms with van der Waals surface area (Å²) in [5.41, 5.74) is -0.574. The fourth-order valence-electron chi connectivity index (χ4n) is 2.47. The molecule has 2 aromatic rings. The standard InChI is InChI=1S/C16H14F3NO6S/c1-10-6-12(7-15(21)24-10)25-13-8-20(9-13)27(22,23)14-4-2-11(3-5-14)26-16(17,18)19/h2-7,13H,8-9H2,1H3. The summed E-state index contributed by atoms with van der Waals surface area (Å²) >= 11 is 0. The summed E-state index contributed by atoms with van der Waals surface area (Å²) in [6.45, 7) is 1.67. The summed E-state index contributed by atoms with van der Waals surface area (Å²) in [7, 11) is -3.87. The molecule has 1 aromatic carbocycles. The van der Waals surface area contributed by atoms with Gasteiger partial charge in [0.2, 0.25) is 10.0 Å². The van der Waals surface area contributed by atoms with Gasteiger partial charge in [-0.05, 0) is 31.2 Å². The normalized spacial score (nSPS) is 16.0. The molecule has 27 heavy (non-hydrogen) atoms. The van der Waals surface area contributed by atoms with Gasteiger partial charge in [0.05, 0.1) is 24.1 Å². The van der Waals surface area contributed by atoms with E-state index in [0.717, 1.165) is 34.6 Å². The van der Waals surface area contributed by atoms with E-state index in [9.17, 15) is 26.4 Å². The molecular formula is C16H14F3NO6S. The number of aryl methyl sites for hydroxylation is 1. The summed E-state index contributed by atoms with van der Waals surface area (Å²) < 4.78 is 76.5. The van der Waals surface area contributed by atoms with Crippen molar-refractivity contribution in [2.75, 3.05) is 13.1 Å². The topological polar surface area (TPSA) is 86.0 Å². The van der Waals surface area contributed by atoms with Crippen molar-refractivity contribution < 1.29 is 35.5 Å². The quantitative estimate of drug-likeness (QED) is 0.759. The van der Waals surface area contributed by atoms with Crippen LogP contribution >= 0.6 is 0 Å². The van der Waals surface area contributed by atoms with Crippen molar-refractivity contribution in [1.29, 1.82) is 0 Å². The van der Waals surface area contributed by atoms with E-state index in [1.54, 1.807) is 6.92 Å². The SMILES string of the molecule is Cc1cc(OC2CN(S(=O)(=O)c3ccc(OC(F)(F)F)cc3)C2)cc(=O)o1. The Morgan fingerprint density at radius 3 is 2.30 bits per heavy atom. The first-order valence-electron chi connectivity index (χ1n) is 7.67. The Bertz CT molecular complexity index is 978. The van der Waals surface area contributed by atoms with E-state index in [4.69, 9.17) is 9.15 Å². The van der Waals surface area contributed by atoms with Crippen molar-refractivity contribution in [3.63, 3.8) is 0 Å². The van der Waals surface area contributed by atoms with Crippen molar-refractivity contribution in [3.8, 4) is 11.5 Å². The van der Waals surface area contributed by atoms with Gasteiger partial charge >= 0.3 is 12.0 Å². The van der Waals surface area contributed by atoms with Crippen molar-refractivity contribution in [2.45, 2.75) is 24.3 Å². The predicted molar refractivity (Wildman–Crippen MR) is 86.0 cm³/mol. The number of hydrogen-bond donors (Lipinski definition) is 0. The molecule has 0 unspecified atom stereocenters. The molecule has 0 atom stereocenters. The number of ether oxygens (including phenoxy) is 2. The van der Waals surface area contributed by atoms with Gasteiger partial charge in [-0.3, -0.25) is 0 Å². The maximum absolute atomic E-state index is 12.5. The van der Waals surface area contributed by atoms with Crippen LogP contribution in [0.4, 0.5) is 13.2 Å². The molecule has 3 rings (SSSR count). The fourth-order valence-corrected chi connectivity index (χ4v) is 3.97. The molecule has 11 heteroatoms. The van der Waals surface area contributed by atoms with Gasteiger partial charge in [-0.15, -0.1) is 13.2 Å². The molecule has 0 radical (unpaired) electrons. The molecular weight excluding hydrogens is 391 g/mol. The first-order chi connectivity index (χ1) is 12.5. The van der Waals surface area contributed by atoms with Gasteiger partial charge < -0.3 is 13.9 Å². The molecule has 1 aromatic heterocycles. The van der Waals surface area contributed by atoms with Gasteiger partial charge in [0.15, 0.2) is 0 Å². The third-order valence-corrected chi connectivity index (χ3v) is 5.53. The number of benzene rings is 1. The van der Waals surface area contributed by atoms with Crippen LogP contribution in [0.25, 0.3) is 0 Å². The second kappa shape index (κ2) is 6.89. The zero-order valence-corrected chi connectivity index (χ0v) is 14.7. The lowest BCUT2D eigenvalue weighted by Gasteiger charge is -2.37. The average Bonchev–Trinajstić information content (AvgIpc) is 2.48. The van der Waals surface area contributed by atoms with Gasteiger partial charge in [-0.2, -0.15) is 4.31 Å². The molecule has 0 saturated carbocycles. The third-order valence-electron chi connectivity index (χ3n) is 3.68. The smallest absolute Gasteiger partial charge is 0.487 e. The molecule has 0 bridgehead atoms. The summed E-state index contributed by atoms with van der Waals surface area (Å²) in [5.74, 6) is 0.131. The van der Waals surface area contributed by atoms with Gasteiger partial charge in [0, 0.05) is 6.07 Å². The minimum absolute atomic E-state index is 0.0441. The summed E-state index contributed by atoms with van der Waals surface area (Å²) in [4.78, 5) is 11.1. The number of alkyl halides is 3. The van der Waals surface area contributed by atoms with E-state index < -0.39 is 33.9 Å². The Balaban J connectivity index is 1.63. The number of halogens is 3. The van der Waals surface area contributed by atoms with Crippen molar-refractivity contribution >= 4 is 10.0 Å². The Kier molecular flexibility index (Phi) is 4.91. The van der Waals surface area contributed by atoms with Crippen LogP contribution in [-0.4, -0.2) is 38.3 Å². The number of sulfonamides is 1. The number of rotatable bonds is 5. The van der Waals surface area contributed by atoms with Crippen LogP contribution in [0.2, 0.25) is 0 Å². The molecule has 1 fully saturated rings. The van der Waals surface area contributed by atoms with Gasteiger partial charge in [0.25, 0.3) is 0 Å². The Labute approximate surface area is 152 Å². The van der Waals surface area contributed by atoms with Gasteiger partial charge in [-0.25, -0.2) is 13.2 Å². The Morgan fingerprint density at radius 2 is 1.74 bits per heavy atom. The highest BCUT2D eigenvalue weighted by atomic mass is 32.2. The van der Waals surface area contributed by atoms with E-state index in [-0.39, 0.29) is 23.7 Å². The lowest BCUT2D eigenvalue weighted by molar-refractivity contribution is -0.274. The molecule has 1 aliphatic heterocycles. The molecule has 0 N–H and O–H groups in total. The summed E-state index contributed by atoms with van der Waals surface area (Å²) in [6.07, 6.45) is -5.30. The first kappa shape index (κ1) is 19.2. The average molecular weight is 405 g/mol. The van der Waals surface area contributed by atoms with E-state index in [0.29, 0.717) is 5.76 Å². The van der Waals surface area contributed by atoms with E-state index in [1.807, 2.05) is 0 Å². The van der Waals surface area contributed by atoms with Gasteiger partial charge in [-0.1, -0.05) is 0 Å². The number of hydrogen-bond acceptors (Lipinski definition) is 6. The Hall–Kier alpha value is -2.53. The monoisotopic (exact) mass is 405 g/mol. The van der Waals surface area contributed by atoms with Crippen LogP contribution in [0.3, 0.4) is 0 Å². The minimum atomic E-state index is -4.85. The maximum atomic E-state index is 12.5. The molecule has 2 heterocycles. The van der Waals surface area contributed by atoms with Crippen molar-refractivity contribution in [3.05, 3.63) is 52.6 Å². The zero-order chi connectivity index (χ0) is 19.8. The van der Waals surface area contributed by atoms with Crippen LogP contribution in [0.15, 0.2) is 50.5 Å². The van der Waals surface area contributed by atoms with Gasteiger partial charge in [0.1, 0.15) is 23.4 Å². The van der Waals surface area contributed by atoms with Crippen molar-refractivity contribution in [2.24, 2.45) is 0 Å². The second-order valence-corrected chi connectivity index (χ2v) is 7.74. The van der Waals surface area contributed by atoms with Crippen LogP contribution in [0.5, 0.6) is 11.5 Å². The van der Waals surface area contributed by atoms with E-state index >= 15 is 0 Å². The summed E-state index contributed by atoms with van der Waals surface area (Å²) in [6, 6.07) is 6.61. The zero-order valence-electron chi connectivity index (χ0n) is 13.9. The highest BCUT2D eigenvalue weighted by Gasteiger charge is 2.38.